The predicted octanol–water partition coefficient (Wildman–Crippen LogP) is 1.60. The van der Waals surface area contributed by atoms with Gasteiger partial charge in [0, 0.05) is 6.54 Å². The van der Waals surface area contributed by atoms with Crippen LogP contribution in [-0.4, -0.2) is 26.0 Å². The number of sulfonamides is 1. The van der Waals surface area contributed by atoms with Crippen LogP contribution in [0.5, 0.6) is 0 Å². The number of nitrogens with one attached hydrogen (secondary N) is 1. The van der Waals surface area contributed by atoms with Crippen molar-refractivity contribution in [2.75, 3.05) is 6.54 Å². The number of alkyl halides is 3. The Kier molecular flexibility index (Phi) is 4.71. The average molecular weight is 315 g/mol. The highest BCUT2D eigenvalue weighted by Crippen LogP contribution is 2.32. The van der Waals surface area contributed by atoms with Crippen molar-refractivity contribution in [3.63, 3.8) is 0 Å². The van der Waals surface area contributed by atoms with E-state index in [1.807, 2.05) is 0 Å². The van der Waals surface area contributed by atoms with Crippen molar-refractivity contribution in [1.82, 2.24) is 4.72 Å². The summed E-state index contributed by atoms with van der Waals surface area (Å²) in [7, 11) is -4.34. The minimum atomic E-state index is -5.03. The lowest BCUT2D eigenvalue weighted by atomic mass is 10.2. The van der Waals surface area contributed by atoms with Crippen molar-refractivity contribution >= 4 is 16.0 Å². The Hall–Kier alpha value is -1.68. The molecule has 0 aliphatic carbocycles. The molecule has 0 saturated carbocycles. The van der Waals surface area contributed by atoms with Crippen molar-refractivity contribution in [3.05, 3.63) is 29.6 Å². The fourth-order valence-electron chi connectivity index (χ4n) is 1.26. The molecule has 0 atom stereocenters. The molecule has 112 valence electrons. The van der Waals surface area contributed by atoms with E-state index in [4.69, 9.17) is 5.11 Å². The Morgan fingerprint density at radius 2 is 1.90 bits per heavy atom. The minimum absolute atomic E-state index is 0.151. The summed E-state index contributed by atoms with van der Waals surface area (Å²) in [5, 5.41) is 8.33. The third kappa shape index (κ3) is 4.17. The van der Waals surface area contributed by atoms with E-state index in [2.05, 4.69) is 0 Å². The Morgan fingerprint density at radius 1 is 1.30 bits per heavy atom. The van der Waals surface area contributed by atoms with E-state index >= 15 is 0 Å². The third-order valence-electron chi connectivity index (χ3n) is 2.18. The molecule has 20 heavy (non-hydrogen) atoms. The zero-order valence-electron chi connectivity index (χ0n) is 9.74. The molecule has 10 heteroatoms. The number of benzene rings is 1. The van der Waals surface area contributed by atoms with Gasteiger partial charge in [-0.05, 0) is 18.2 Å². The smallest absolute Gasteiger partial charge is 0.419 e. The van der Waals surface area contributed by atoms with Gasteiger partial charge < -0.3 is 5.11 Å². The lowest BCUT2D eigenvalue weighted by molar-refractivity contribution is -0.140. The number of aliphatic carboxylic acids is 1. The predicted molar refractivity (Wildman–Crippen MR) is 58.8 cm³/mol. The number of carboxylic acids is 1. The number of halogens is 4. The molecule has 5 nitrogen and oxygen atoms in total. The molecule has 1 aromatic rings. The highest BCUT2D eigenvalue weighted by Gasteiger charge is 2.35. The topological polar surface area (TPSA) is 83.5 Å². The van der Waals surface area contributed by atoms with Crippen LogP contribution in [0.25, 0.3) is 0 Å². The molecular formula is C10H9F4NO4S. The first-order valence-corrected chi connectivity index (χ1v) is 6.60. The largest absolute Gasteiger partial charge is 0.481 e. The van der Waals surface area contributed by atoms with Crippen molar-refractivity contribution in [2.24, 2.45) is 0 Å². The van der Waals surface area contributed by atoms with Gasteiger partial charge in [-0.15, -0.1) is 0 Å². The van der Waals surface area contributed by atoms with Crippen molar-refractivity contribution < 1.29 is 35.9 Å². The van der Waals surface area contributed by atoms with Gasteiger partial charge in [0.25, 0.3) is 0 Å². The molecule has 2 N–H and O–H groups in total. The van der Waals surface area contributed by atoms with Crippen LogP contribution in [0.1, 0.15) is 12.0 Å². The van der Waals surface area contributed by atoms with Crippen molar-refractivity contribution in [3.8, 4) is 0 Å². The van der Waals surface area contributed by atoms with Gasteiger partial charge in [-0.3, -0.25) is 4.79 Å². The fraction of sp³-hybridized carbons (Fsp3) is 0.300. The lowest BCUT2D eigenvalue weighted by Gasteiger charge is -2.11. The van der Waals surface area contributed by atoms with Gasteiger partial charge in [0.1, 0.15) is 5.82 Å². The van der Waals surface area contributed by atoms with Crippen LogP contribution in [0.3, 0.4) is 0 Å². The second-order valence-electron chi connectivity index (χ2n) is 3.68. The van der Waals surface area contributed by atoms with Crippen LogP contribution >= 0.6 is 0 Å². The summed E-state index contributed by atoms with van der Waals surface area (Å²) in [6.45, 7) is -0.490. The van der Waals surface area contributed by atoms with E-state index in [1.54, 1.807) is 4.72 Å². The van der Waals surface area contributed by atoms with Gasteiger partial charge in [0.05, 0.1) is 16.9 Å². The van der Waals surface area contributed by atoms with Gasteiger partial charge in [0.2, 0.25) is 10.0 Å². The lowest BCUT2D eigenvalue weighted by Crippen LogP contribution is -2.26. The van der Waals surface area contributed by atoms with E-state index in [-0.39, 0.29) is 6.07 Å². The molecule has 0 unspecified atom stereocenters. The summed E-state index contributed by atoms with van der Waals surface area (Å²) in [6.07, 6.45) is -5.57. The average Bonchev–Trinajstić information content (AvgIpc) is 2.26. The minimum Gasteiger partial charge on any atom is -0.481 e. The van der Waals surface area contributed by atoms with Crippen molar-refractivity contribution in [2.45, 2.75) is 17.5 Å². The van der Waals surface area contributed by atoms with Gasteiger partial charge in [-0.25, -0.2) is 17.5 Å². The molecule has 0 aliphatic heterocycles. The Bertz CT molecular complexity index is 612. The van der Waals surface area contributed by atoms with Crippen LogP contribution in [-0.2, 0) is 21.0 Å². The summed E-state index contributed by atoms with van der Waals surface area (Å²) in [5.41, 5.74) is -1.71. The molecule has 0 saturated heterocycles. The van der Waals surface area contributed by atoms with Gasteiger partial charge in [-0.1, -0.05) is 0 Å². The summed E-state index contributed by atoms with van der Waals surface area (Å²) in [6, 6.07) is 1.20. The van der Waals surface area contributed by atoms with Crippen LogP contribution < -0.4 is 4.72 Å². The van der Waals surface area contributed by atoms with Crippen LogP contribution in [0.4, 0.5) is 17.6 Å². The molecule has 0 bridgehead atoms. The summed E-state index contributed by atoms with van der Waals surface area (Å²) < 4.78 is 75.4. The Labute approximate surface area is 111 Å². The van der Waals surface area contributed by atoms with E-state index < -0.39 is 51.4 Å². The van der Waals surface area contributed by atoms with E-state index in [0.717, 1.165) is 0 Å². The maximum atomic E-state index is 13.0. The molecule has 0 aliphatic rings. The second kappa shape index (κ2) is 5.75. The highest BCUT2D eigenvalue weighted by atomic mass is 32.2. The molecule has 0 radical (unpaired) electrons. The van der Waals surface area contributed by atoms with Crippen LogP contribution in [0.2, 0.25) is 0 Å². The number of hydrogen-bond acceptors (Lipinski definition) is 3. The van der Waals surface area contributed by atoms with Gasteiger partial charge in [-0.2, -0.15) is 13.2 Å². The maximum Gasteiger partial charge on any atom is 0.419 e. The van der Waals surface area contributed by atoms with Crippen molar-refractivity contribution in [1.29, 1.82) is 0 Å². The van der Waals surface area contributed by atoms with E-state index in [9.17, 15) is 30.8 Å². The molecule has 0 fully saturated rings. The number of rotatable bonds is 5. The number of carboxylic acid groups (broad SMARTS) is 1. The summed E-state index contributed by atoms with van der Waals surface area (Å²) >= 11 is 0. The molecule has 0 spiro atoms. The summed E-state index contributed by atoms with van der Waals surface area (Å²) in [4.78, 5) is 9.42. The zero-order valence-corrected chi connectivity index (χ0v) is 10.6. The van der Waals surface area contributed by atoms with Crippen LogP contribution in [0.15, 0.2) is 23.1 Å². The first-order chi connectivity index (χ1) is 9.04. The monoisotopic (exact) mass is 315 g/mol. The van der Waals surface area contributed by atoms with Gasteiger partial charge >= 0.3 is 12.1 Å². The first kappa shape index (κ1) is 16.4. The molecule has 0 aromatic heterocycles. The second-order valence-corrected chi connectivity index (χ2v) is 5.45. The standard InChI is InChI=1S/C10H9F4NO4S/c11-8-2-1-6(5-7(8)10(12,13)14)20(18,19)15-4-3-9(16)17/h1-2,5,15H,3-4H2,(H,16,17). The molecule has 0 amide bonds. The Balaban J connectivity index is 3.05. The number of hydrogen-bond donors (Lipinski definition) is 2. The highest BCUT2D eigenvalue weighted by molar-refractivity contribution is 7.89. The summed E-state index contributed by atoms with van der Waals surface area (Å²) in [5.74, 6) is -2.87. The van der Waals surface area contributed by atoms with Gasteiger partial charge in [0.15, 0.2) is 0 Å². The maximum absolute atomic E-state index is 13.0. The molecule has 0 heterocycles. The molecular weight excluding hydrogens is 306 g/mol. The SMILES string of the molecule is O=C(O)CCNS(=O)(=O)c1ccc(F)c(C(F)(F)F)c1. The Morgan fingerprint density at radius 3 is 2.40 bits per heavy atom. The first-order valence-electron chi connectivity index (χ1n) is 5.12. The normalized spacial score (nSPS) is 12.4. The number of carbonyl (C=O) groups is 1. The quantitative estimate of drug-likeness (QED) is 0.808. The van der Waals surface area contributed by atoms with Crippen LogP contribution in [0, 0.1) is 5.82 Å². The third-order valence-corrected chi connectivity index (χ3v) is 3.64. The van der Waals surface area contributed by atoms with E-state index in [1.165, 1.54) is 0 Å². The molecule has 1 rings (SSSR count). The zero-order chi connectivity index (χ0) is 15.6. The van der Waals surface area contributed by atoms with E-state index in [0.29, 0.717) is 12.1 Å². The fourth-order valence-corrected chi connectivity index (χ4v) is 2.32. The molecule has 1 aromatic carbocycles.